The zero-order chi connectivity index (χ0) is 11.5. The number of hydrogen-bond acceptors (Lipinski definition) is 2. The van der Waals surface area contributed by atoms with Crippen molar-refractivity contribution in [1.82, 2.24) is 0 Å². The minimum absolute atomic E-state index is 0. The van der Waals surface area contributed by atoms with Gasteiger partial charge in [-0.3, -0.25) is 0 Å². The molecule has 92 valence electrons. The molecule has 16 heavy (non-hydrogen) atoms. The Balaban J connectivity index is 0.00000225. The van der Waals surface area contributed by atoms with Crippen LogP contribution in [0.3, 0.4) is 0 Å². The number of benzene rings is 1. The second-order valence-electron chi connectivity index (χ2n) is 4.72. The average Bonchev–Trinajstić information content (AvgIpc) is 2.28. The molecule has 0 saturated carbocycles. The molecule has 0 aliphatic carbocycles. The van der Waals surface area contributed by atoms with Crippen LogP contribution in [0.15, 0.2) is 24.3 Å². The minimum Gasteiger partial charge on any atom is -0.396 e. The summed E-state index contributed by atoms with van der Waals surface area (Å²) in [6.45, 7) is 6.19. The van der Waals surface area contributed by atoms with Gasteiger partial charge in [0.1, 0.15) is 0 Å². The largest absolute Gasteiger partial charge is 0.396 e. The number of aryl methyl sites for hydroxylation is 1. The highest BCUT2D eigenvalue weighted by molar-refractivity contribution is 5.85. The van der Waals surface area contributed by atoms with E-state index >= 15 is 0 Å². The fourth-order valence-corrected chi connectivity index (χ4v) is 1.51. The lowest BCUT2D eigenvalue weighted by Gasteiger charge is -2.29. The molecule has 0 spiro atoms. The first-order valence-corrected chi connectivity index (χ1v) is 5.46. The molecule has 0 aliphatic rings. The van der Waals surface area contributed by atoms with E-state index in [4.69, 9.17) is 5.73 Å². The van der Waals surface area contributed by atoms with Gasteiger partial charge in [0.2, 0.25) is 0 Å². The molecule has 0 amide bonds. The smallest absolute Gasteiger partial charge is 0.0500 e. The van der Waals surface area contributed by atoms with Crippen molar-refractivity contribution in [3.8, 4) is 0 Å². The van der Waals surface area contributed by atoms with Crippen LogP contribution in [0.2, 0.25) is 0 Å². The summed E-state index contributed by atoms with van der Waals surface area (Å²) in [5.41, 5.74) is 8.25. The zero-order valence-electron chi connectivity index (χ0n) is 10.2. The number of aliphatic hydroxyl groups is 1. The monoisotopic (exact) mass is 243 g/mol. The number of rotatable bonds is 4. The second-order valence-corrected chi connectivity index (χ2v) is 4.72. The highest BCUT2D eigenvalue weighted by Crippen LogP contribution is 2.30. The molecule has 0 heterocycles. The molecule has 2 nitrogen and oxygen atoms in total. The maximum Gasteiger partial charge on any atom is 0.0500 e. The van der Waals surface area contributed by atoms with Crippen molar-refractivity contribution < 1.29 is 5.11 Å². The quantitative estimate of drug-likeness (QED) is 0.854. The topological polar surface area (TPSA) is 46.2 Å². The van der Waals surface area contributed by atoms with Gasteiger partial charge in [-0.25, -0.2) is 0 Å². The van der Waals surface area contributed by atoms with Gasteiger partial charge in [0.05, 0.1) is 0 Å². The first-order valence-electron chi connectivity index (χ1n) is 5.46. The third-order valence-electron chi connectivity index (χ3n) is 3.00. The first-order chi connectivity index (χ1) is 7.01. The van der Waals surface area contributed by atoms with Crippen LogP contribution in [0.1, 0.15) is 37.9 Å². The molecule has 1 atom stereocenters. The van der Waals surface area contributed by atoms with E-state index in [0.717, 1.165) is 12.0 Å². The fourth-order valence-electron chi connectivity index (χ4n) is 1.51. The predicted molar refractivity (Wildman–Crippen MR) is 70.9 cm³/mol. The van der Waals surface area contributed by atoms with Gasteiger partial charge in [-0.1, -0.05) is 45.0 Å². The van der Waals surface area contributed by atoms with E-state index < -0.39 is 0 Å². The van der Waals surface area contributed by atoms with Gasteiger partial charge >= 0.3 is 0 Å². The van der Waals surface area contributed by atoms with Crippen LogP contribution in [0.4, 0.5) is 0 Å². The lowest BCUT2D eigenvalue weighted by molar-refractivity contribution is 0.132. The summed E-state index contributed by atoms with van der Waals surface area (Å²) in [4.78, 5) is 0. The Morgan fingerprint density at radius 2 is 1.75 bits per heavy atom. The summed E-state index contributed by atoms with van der Waals surface area (Å²) in [7, 11) is 0. The number of hydrogen-bond donors (Lipinski definition) is 2. The van der Waals surface area contributed by atoms with E-state index in [2.05, 4.69) is 31.2 Å². The summed E-state index contributed by atoms with van der Waals surface area (Å²) in [6, 6.07) is 8.20. The lowest BCUT2D eigenvalue weighted by atomic mass is 9.81. The lowest BCUT2D eigenvalue weighted by Crippen LogP contribution is -2.32. The molecular weight excluding hydrogens is 222 g/mol. The van der Waals surface area contributed by atoms with Crippen molar-refractivity contribution in [2.75, 3.05) is 6.61 Å². The number of aliphatic hydroxyl groups excluding tert-OH is 1. The molecule has 0 saturated heterocycles. The number of nitrogens with two attached hydrogens (primary N) is 1. The van der Waals surface area contributed by atoms with Gasteiger partial charge in [-0.15, -0.1) is 12.4 Å². The Morgan fingerprint density at radius 1 is 1.25 bits per heavy atom. The fraction of sp³-hybridized carbons (Fsp3) is 0.538. The molecule has 1 aromatic rings. The standard InChI is InChI=1S/C13H21NO.ClH/c1-4-10-5-7-11(8-6-10)12(14)13(2,3)9-15;/h5-8,12,15H,4,9,14H2,1-3H3;1H/t12-;/m0./s1. The van der Waals surface area contributed by atoms with Crippen molar-refractivity contribution >= 4 is 12.4 Å². The maximum atomic E-state index is 9.25. The molecule has 0 bridgehead atoms. The summed E-state index contributed by atoms with van der Waals surface area (Å²) in [6.07, 6.45) is 1.04. The third kappa shape index (κ3) is 3.48. The van der Waals surface area contributed by atoms with E-state index in [0.29, 0.717) is 0 Å². The predicted octanol–water partition coefficient (Wildman–Crippen LogP) is 2.69. The highest BCUT2D eigenvalue weighted by Gasteiger charge is 2.26. The zero-order valence-corrected chi connectivity index (χ0v) is 11.1. The normalized spacial score (nSPS) is 13.1. The Morgan fingerprint density at radius 3 is 2.12 bits per heavy atom. The third-order valence-corrected chi connectivity index (χ3v) is 3.00. The summed E-state index contributed by atoms with van der Waals surface area (Å²) < 4.78 is 0. The molecule has 1 aromatic carbocycles. The highest BCUT2D eigenvalue weighted by atomic mass is 35.5. The molecule has 0 unspecified atom stereocenters. The molecule has 0 fully saturated rings. The molecule has 0 aliphatic heterocycles. The van der Waals surface area contributed by atoms with Gasteiger partial charge in [0.15, 0.2) is 0 Å². The Bertz CT molecular complexity index is 308. The van der Waals surface area contributed by atoms with Crippen LogP contribution in [0, 0.1) is 5.41 Å². The van der Waals surface area contributed by atoms with Crippen molar-refractivity contribution in [1.29, 1.82) is 0 Å². The SMILES string of the molecule is CCc1ccc([C@H](N)C(C)(C)CO)cc1.Cl. The van der Waals surface area contributed by atoms with Crippen LogP contribution >= 0.6 is 12.4 Å². The Labute approximate surface area is 104 Å². The minimum atomic E-state index is -0.270. The Hall–Kier alpha value is -0.570. The molecular formula is C13H22ClNO. The summed E-state index contributed by atoms with van der Waals surface area (Å²) in [5.74, 6) is 0. The molecule has 3 N–H and O–H groups in total. The van der Waals surface area contributed by atoms with Crippen LogP contribution < -0.4 is 5.73 Å². The molecule has 1 rings (SSSR count). The molecule has 0 aromatic heterocycles. The van der Waals surface area contributed by atoms with Crippen molar-refractivity contribution in [3.05, 3.63) is 35.4 Å². The van der Waals surface area contributed by atoms with E-state index in [1.807, 2.05) is 13.8 Å². The van der Waals surface area contributed by atoms with E-state index in [-0.39, 0.29) is 30.5 Å². The first kappa shape index (κ1) is 15.4. The van der Waals surface area contributed by atoms with Gasteiger partial charge in [-0.2, -0.15) is 0 Å². The second kappa shape index (κ2) is 6.24. The number of halogens is 1. The van der Waals surface area contributed by atoms with Crippen molar-refractivity contribution in [3.63, 3.8) is 0 Å². The van der Waals surface area contributed by atoms with Crippen LogP contribution in [-0.2, 0) is 6.42 Å². The van der Waals surface area contributed by atoms with Crippen molar-refractivity contribution in [2.45, 2.75) is 33.2 Å². The van der Waals surface area contributed by atoms with Crippen molar-refractivity contribution in [2.24, 2.45) is 11.1 Å². The van der Waals surface area contributed by atoms with Gasteiger partial charge in [-0.05, 0) is 17.5 Å². The van der Waals surface area contributed by atoms with Gasteiger partial charge < -0.3 is 10.8 Å². The van der Waals surface area contributed by atoms with Crippen LogP contribution in [0.5, 0.6) is 0 Å². The van der Waals surface area contributed by atoms with E-state index in [1.165, 1.54) is 5.56 Å². The average molecular weight is 244 g/mol. The Kier molecular flexibility index (Phi) is 6.01. The van der Waals surface area contributed by atoms with E-state index in [1.54, 1.807) is 0 Å². The molecule has 0 radical (unpaired) electrons. The van der Waals surface area contributed by atoms with Gasteiger partial charge in [0, 0.05) is 18.1 Å². The van der Waals surface area contributed by atoms with E-state index in [9.17, 15) is 5.11 Å². The summed E-state index contributed by atoms with van der Waals surface area (Å²) in [5, 5.41) is 9.25. The van der Waals surface area contributed by atoms with Gasteiger partial charge in [0.25, 0.3) is 0 Å². The molecule has 3 heteroatoms. The van der Waals surface area contributed by atoms with Crippen LogP contribution in [0.25, 0.3) is 0 Å². The van der Waals surface area contributed by atoms with Crippen LogP contribution in [-0.4, -0.2) is 11.7 Å². The summed E-state index contributed by atoms with van der Waals surface area (Å²) >= 11 is 0. The maximum absolute atomic E-state index is 9.25.